The quantitative estimate of drug-likeness (QED) is 0.747. The molecule has 0 bridgehead atoms. The van der Waals surface area contributed by atoms with Gasteiger partial charge in [-0.1, -0.05) is 48.2 Å². The van der Waals surface area contributed by atoms with Crippen molar-refractivity contribution >= 4 is 22.7 Å². The number of para-hydroxylation sites is 1. The van der Waals surface area contributed by atoms with Crippen molar-refractivity contribution in [2.45, 2.75) is 16.5 Å². The smallest absolute Gasteiger partial charge is 0.0780 e. The van der Waals surface area contributed by atoms with Crippen molar-refractivity contribution in [3.63, 3.8) is 0 Å². The van der Waals surface area contributed by atoms with E-state index in [9.17, 15) is 0 Å². The molecule has 0 radical (unpaired) electrons. The molecule has 0 aliphatic carbocycles. The number of benzene rings is 2. The van der Waals surface area contributed by atoms with Crippen molar-refractivity contribution in [2.75, 3.05) is 0 Å². The minimum absolute atomic E-state index is 0.573. The first-order valence-corrected chi connectivity index (χ1v) is 6.72. The molecule has 0 aliphatic heterocycles. The van der Waals surface area contributed by atoms with E-state index in [1.165, 1.54) is 21.4 Å². The number of rotatable bonds is 3. The second-order valence-electron chi connectivity index (χ2n) is 4.13. The number of nitrogens with two attached hydrogens (primary N) is 1. The summed E-state index contributed by atoms with van der Waals surface area (Å²) in [5.41, 5.74) is 8.11. The maximum atomic E-state index is 5.76. The van der Waals surface area contributed by atoms with Crippen LogP contribution in [0.2, 0.25) is 0 Å². The SMILES string of the molecule is NCc1ccccc1Sc1cc2ccccc2[nH]1. The number of hydrogen-bond acceptors (Lipinski definition) is 2. The third kappa shape index (κ3) is 2.15. The minimum Gasteiger partial charge on any atom is -0.349 e. The summed E-state index contributed by atoms with van der Waals surface area (Å²) < 4.78 is 0. The number of nitrogens with one attached hydrogen (secondary N) is 1. The van der Waals surface area contributed by atoms with Crippen LogP contribution >= 0.6 is 11.8 Å². The van der Waals surface area contributed by atoms with E-state index in [1.807, 2.05) is 18.2 Å². The zero-order chi connectivity index (χ0) is 12.4. The van der Waals surface area contributed by atoms with Gasteiger partial charge in [0.25, 0.3) is 0 Å². The van der Waals surface area contributed by atoms with E-state index in [4.69, 9.17) is 5.73 Å². The molecule has 0 amide bonds. The molecule has 3 rings (SSSR count). The average molecular weight is 254 g/mol. The molecule has 18 heavy (non-hydrogen) atoms. The van der Waals surface area contributed by atoms with Gasteiger partial charge in [0.2, 0.25) is 0 Å². The number of hydrogen-bond donors (Lipinski definition) is 2. The first kappa shape index (κ1) is 11.4. The Morgan fingerprint density at radius 2 is 1.78 bits per heavy atom. The second kappa shape index (κ2) is 4.88. The standard InChI is InChI=1S/C15H14N2S/c16-10-12-6-2-4-8-14(12)18-15-9-11-5-1-3-7-13(11)17-15/h1-9,17H,10,16H2. The first-order valence-electron chi connectivity index (χ1n) is 5.90. The minimum atomic E-state index is 0.573. The summed E-state index contributed by atoms with van der Waals surface area (Å²) in [7, 11) is 0. The predicted octanol–water partition coefficient (Wildman–Crippen LogP) is 3.78. The van der Waals surface area contributed by atoms with Crippen molar-refractivity contribution in [1.82, 2.24) is 4.98 Å². The van der Waals surface area contributed by atoms with Crippen LogP contribution in [0.1, 0.15) is 5.56 Å². The highest BCUT2D eigenvalue weighted by Gasteiger charge is 2.05. The third-order valence-corrected chi connectivity index (χ3v) is 3.98. The Kier molecular flexibility index (Phi) is 3.09. The second-order valence-corrected chi connectivity index (χ2v) is 5.22. The lowest BCUT2D eigenvalue weighted by Crippen LogP contribution is -1.97. The lowest BCUT2D eigenvalue weighted by molar-refractivity contribution is 1.02. The van der Waals surface area contributed by atoms with Crippen LogP contribution in [0.15, 0.2) is 64.5 Å². The van der Waals surface area contributed by atoms with Crippen molar-refractivity contribution in [2.24, 2.45) is 5.73 Å². The fourth-order valence-electron chi connectivity index (χ4n) is 1.99. The molecule has 2 aromatic carbocycles. The Hall–Kier alpha value is -1.71. The normalized spacial score (nSPS) is 10.9. The van der Waals surface area contributed by atoms with Gasteiger partial charge in [0.05, 0.1) is 5.03 Å². The van der Waals surface area contributed by atoms with Gasteiger partial charge in [0.1, 0.15) is 0 Å². The van der Waals surface area contributed by atoms with Crippen LogP contribution < -0.4 is 5.73 Å². The van der Waals surface area contributed by atoms with Crippen LogP contribution in [0, 0.1) is 0 Å². The van der Waals surface area contributed by atoms with Crippen LogP contribution in [0.3, 0.4) is 0 Å². The molecule has 2 nitrogen and oxygen atoms in total. The molecule has 3 N–H and O–H groups in total. The fourth-order valence-corrected chi connectivity index (χ4v) is 3.01. The monoisotopic (exact) mass is 254 g/mol. The van der Waals surface area contributed by atoms with E-state index in [2.05, 4.69) is 41.4 Å². The van der Waals surface area contributed by atoms with Crippen LogP contribution in [0.4, 0.5) is 0 Å². The van der Waals surface area contributed by atoms with Gasteiger partial charge < -0.3 is 10.7 Å². The molecule has 0 saturated carbocycles. The molecule has 0 fully saturated rings. The van der Waals surface area contributed by atoms with Crippen molar-refractivity contribution in [1.29, 1.82) is 0 Å². The highest BCUT2D eigenvalue weighted by molar-refractivity contribution is 7.99. The molecule has 1 heterocycles. The summed E-state index contributed by atoms with van der Waals surface area (Å²) in [6, 6.07) is 18.7. The molecule has 3 aromatic rings. The zero-order valence-electron chi connectivity index (χ0n) is 9.89. The van der Waals surface area contributed by atoms with Gasteiger partial charge >= 0.3 is 0 Å². The maximum Gasteiger partial charge on any atom is 0.0780 e. The Labute approximate surface area is 110 Å². The number of H-pyrrole nitrogens is 1. The van der Waals surface area contributed by atoms with Crippen LogP contribution in [0.5, 0.6) is 0 Å². The predicted molar refractivity (Wildman–Crippen MR) is 76.8 cm³/mol. The van der Waals surface area contributed by atoms with E-state index in [0.29, 0.717) is 6.54 Å². The van der Waals surface area contributed by atoms with Gasteiger partial charge in [0.15, 0.2) is 0 Å². The number of aromatic amines is 1. The molecule has 0 aliphatic rings. The summed E-state index contributed by atoms with van der Waals surface area (Å²) in [6.07, 6.45) is 0. The van der Waals surface area contributed by atoms with Crippen LogP contribution in [-0.2, 0) is 6.54 Å². The van der Waals surface area contributed by atoms with Crippen molar-refractivity contribution < 1.29 is 0 Å². The van der Waals surface area contributed by atoms with Crippen molar-refractivity contribution in [3.05, 3.63) is 60.2 Å². The third-order valence-electron chi connectivity index (χ3n) is 2.92. The molecular formula is C15H14N2S. The fraction of sp³-hybridized carbons (Fsp3) is 0.0667. The van der Waals surface area contributed by atoms with Gasteiger partial charge in [-0.25, -0.2) is 0 Å². The lowest BCUT2D eigenvalue weighted by Gasteiger charge is -2.04. The Bertz CT molecular complexity index is 640. The molecule has 1 aromatic heterocycles. The van der Waals surface area contributed by atoms with E-state index in [0.717, 1.165) is 5.03 Å². The molecule has 90 valence electrons. The highest BCUT2D eigenvalue weighted by atomic mass is 32.2. The van der Waals surface area contributed by atoms with E-state index in [-0.39, 0.29) is 0 Å². The number of fused-ring (bicyclic) bond motifs is 1. The summed E-state index contributed by atoms with van der Waals surface area (Å²) in [5.74, 6) is 0. The summed E-state index contributed by atoms with van der Waals surface area (Å²) in [5, 5.41) is 2.39. The lowest BCUT2D eigenvalue weighted by atomic mass is 10.2. The first-order chi connectivity index (χ1) is 8.86. The van der Waals surface area contributed by atoms with Gasteiger partial charge in [-0.05, 0) is 23.8 Å². The molecule has 3 heteroatoms. The average Bonchev–Trinajstić information content (AvgIpc) is 2.81. The molecular weight excluding hydrogens is 240 g/mol. The van der Waals surface area contributed by atoms with E-state index < -0.39 is 0 Å². The highest BCUT2D eigenvalue weighted by Crippen LogP contribution is 2.31. The number of aromatic nitrogens is 1. The van der Waals surface area contributed by atoms with Gasteiger partial charge in [-0.2, -0.15) is 0 Å². The summed E-state index contributed by atoms with van der Waals surface area (Å²) in [4.78, 5) is 4.63. The Morgan fingerprint density at radius 3 is 2.61 bits per heavy atom. The largest absolute Gasteiger partial charge is 0.349 e. The van der Waals surface area contributed by atoms with E-state index >= 15 is 0 Å². The zero-order valence-corrected chi connectivity index (χ0v) is 10.7. The van der Waals surface area contributed by atoms with Crippen LogP contribution in [0.25, 0.3) is 10.9 Å². The van der Waals surface area contributed by atoms with Crippen molar-refractivity contribution in [3.8, 4) is 0 Å². The van der Waals surface area contributed by atoms with Gasteiger partial charge in [-0.3, -0.25) is 0 Å². The topological polar surface area (TPSA) is 41.8 Å². The molecule has 0 saturated heterocycles. The summed E-state index contributed by atoms with van der Waals surface area (Å²) >= 11 is 1.73. The molecule has 0 unspecified atom stereocenters. The Morgan fingerprint density at radius 1 is 1.00 bits per heavy atom. The molecule has 0 atom stereocenters. The summed E-state index contributed by atoms with van der Waals surface area (Å²) in [6.45, 7) is 0.573. The maximum absolute atomic E-state index is 5.76. The molecule has 0 spiro atoms. The van der Waals surface area contributed by atoms with Crippen LogP contribution in [-0.4, -0.2) is 4.98 Å². The van der Waals surface area contributed by atoms with Gasteiger partial charge in [0, 0.05) is 22.3 Å². The Balaban J connectivity index is 1.96. The van der Waals surface area contributed by atoms with Gasteiger partial charge in [-0.15, -0.1) is 0 Å². The van der Waals surface area contributed by atoms with E-state index in [1.54, 1.807) is 11.8 Å².